The number of hydrogen-bond acceptors (Lipinski definition) is 9. The zero-order valence-electron chi connectivity index (χ0n) is 25.6. The molecule has 2 aromatic rings. The molecule has 3 amide bonds. The Hall–Kier alpha value is -4.22. The lowest BCUT2D eigenvalue weighted by molar-refractivity contribution is -0.145. The SMILES string of the molecule is CCOC(=O)C[C@](C)(NC(=O)CN1CC[C@H](N(Cc2ccc3c(n2)NCCC3)C(=O)OC(C)(C)C)C1=O)c1cccnc1. The van der Waals surface area contributed by atoms with Crippen molar-refractivity contribution in [3.05, 3.63) is 53.5 Å². The van der Waals surface area contributed by atoms with Gasteiger partial charge < -0.3 is 25.0 Å². The summed E-state index contributed by atoms with van der Waals surface area (Å²) in [5, 5.41) is 6.22. The average Bonchev–Trinajstić information content (AvgIpc) is 3.30. The molecule has 232 valence electrons. The van der Waals surface area contributed by atoms with Gasteiger partial charge in [-0.15, -0.1) is 0 Å². The maximum Gasteiger partial charge on any atom is 0.411 e. The Bertz CT molecular complexity index is 1330. The second-order valence-corrected chi connectivity index (χ2v) is 12.1. The van der Waals surface area contributed by atoms with Crippen LogP contribution < -0.4 is 10.6 Å². The molecule has 2 aliphatic rings. The fourth-order valence-electron chi connectivity index (χ4n) is 5.35. The van der Waals surface area contributed by atoms with Crippen LogP contribution in [0.3, 0.4) is 0 Å². The van der Waals surface area contributed by atoms with Crippen LogP contribution in [-0.4, -0.2) is 81.5 Å². The quantitative estimate of drug-likeness (QED) is 0.397. The molecule has 0 unspecified atom stereocenters. The number of likely N-dealkylation sites (tertiary alicyclic amines) is 1. The molecule has 0 radical (unpaired) electrons. The number of nitrogens with zero attached hydrogens (tertiary/aromatic N) is 4. The number of hydrogen-bond donors (Lipinski definition) is 2. The van der Waals surface area contributed by atoms with Crippen LogP contribution in [0.15, 0.2) is 36.7 Å². The second kappa shape index (κ2) is 13.4. The maximum absolute atomic E-state index is 13.7. The molecule has 0 spiro atoms. The third-order valence-corrected chi connectivity index (χ3v) is 7.41. The van der Waals surface area contributed by atoms with Gasteiger partial charge in [0.2, 0.25) is 11.8 Å². The molecule has 0 aliphatic carbocycles. The Kier molecular flexibility index (Phi) is 9.87. The van der Waals surface area contributed by atoms with Crippen molar-refractivity contribution in [3.63, 3.8) is 0 Å². The number of ether oxygens (including phenoxy) is 2. The van der Waals surface area contributed by atoms with Crippen LogP contribution in [0.5, 0.6) is 0 Å². The first kappa shape index (κ1) is 31.7. The van der Waals surface area contributed by atoms with E-state index in [1.807, 2.05) is 12.1 Å². The number of esters is 1. The molecule has 2 aliphatic heterocycles. The smallest absolute Gasteiger partial charge is 0.411 e. The van der Waals surface area contributed by atoms with Crippen LogP contribution in [-0.2, 0) is 42.4 Å². The highest BCUT2D eigenvalue weighted by atomic mass is 16.6. The Morgan fingerprint density at radius 3 is 2.67 bits per heavy atom. The first-order valence-electron chi connectivity index (χ1n) is 14.8. The number of rotatable bonds is 10. The van der Waals surface area contributed by atoms with Crippen molar-refractivity contribution in [2.45, 2.75) is 84.0 Å². The predicted octanol–water partition coefficient (Wildman–Crippen LogP) is 3.16. The number of aryl methyl sites for hydroxylation is 1. The standard InChI is InChI=1S/C31H42N6O6/c1-6-42-26(39)17-31(5,22-10-8-14-32-18-22)35-25(38)20-36-16-13-24(28(36)40)37(29(41)43-30(2,3)4)19-23-12-11-21-9-7-15-33-27(21)34-23/h8,10-12,14,18,24H,6-7,9,13,15-17,19-20H2,1-5H3,(H,33,34)(H,35,38)/t24-,31-/m0/s1. The Morgan fingerprint density at radius 2 is 1.98 bits per heavy atom. The number of fused-ring (bicyclic) bond motifs is 1. The highest BCUT2D eigenvalue weighted by Gasteiger charge is 2.41. The van der Waals surface area contributed by atoms with Crippen molar-refractivity contribution in [1.29, 1.82) is 0 Å². The van der Waals surface area contributed by atoms with E-state index in [2.05, 4.69) is 15.6 Å². The molecule has 4 rings (SSSR count). The average molecular weight is 595 g/mol. The number of anilines is 1. The van der Waals surface area contributed by atoms with Crippen molar-refractivity contribution in [2.75, 3.05) is 31.6 Å². The monoisotopic (exact) mass is 594 g/mol. The lowest BCUT2D eigenvalue weighted by Crippen LogP contribution is -2.51. The first-order valence-corrected chi connectivity index (χ1v) is 14.8. The van der Waals surface area contributed by atoms with Gasteiger partial charge in [-0.2, -0.15) is 0 Å². The fraction of sp³-hybridized carbons (Fsp3) is 0.548. The van der Waals surface area contributed by atoms with E-state index in [-0.39, 0.29) is 38.6 Å². The van der Waals surface area contributed by atoms with Crippen LogP contribution in [0, 0.1) is 0 Å². The maximum atomic E-state index is 13.7. The van der Waals surface area contributed by atoms with Gasteiger partial charge in [-0.1, -0.05) is 12.1 Å². The minimum atomic E-state index is -1.10. The third-order valence-electron chi connectivity index (χ3n) is 7.41. The molecule has 0 saturated carbocycles. The van der Waals surface area contributed by atoms with Crippen LogP contribution in [0.2, 0.25) is 0 Å². The van der Waals surface area contributed by atoms with E-state index in [1.165, 1.54) is 9.80 Å². The van der Waals surface area contributed by atoms with Gasteiger partial charge >= 0.3 is 12.1 Å². The molecule has 1 fully saturated rings. The summed E-state index contributed by atoms with van der Waals surface area (Å²) in [6.45, 7) is 9.91. The molecule has 1 saturated heterocycles. The van der Waals surface area contributed by atoms with Crippen molar-refractivity contribution in [2.24, 2.45) is 0 Å². The lowest BCUT2D eigenvalue weighted by atomic mass is 9.89. The molecule has 12 heteroatoms. The summed E-state index contributed by atoms with van der Waals surface area (Å²) in [5.41, 5.74) is 0.513. The molecule has 2 atom stereocenters. The van der Waals surface area contributed by atoms with Gasteiger partial charge in [0.25, 0.3) is 0 Å². The van der Waals surface area contributed by atoms with Crippen LogP contribution in [0.25, 0.3) is 0 Å². The minimum Gasteiger partial charge on any atom is -0.466 e. The van der Waals surface area contributed by atoms with Gasteiger partial charge in [-0.05, 0) is 77.1 Å². The molecular formula is C31H42N6O6. The zero-order valence-corrected chi connectivity index (χ0v) is 25.6. The topological polar surface area (TPSA) is 143 Å². The molecule has 2 N–H and O–H groups in total. The van der Waals surface area contributed by atoms with Gasteiger partial charge in [-0.25, -0.2) is 9.78 Å². The van der Waals surface area contributed by atoms with E-state index in [9.17, 15) is 19.2 Å². The van der Waals surface area contributed by atoms with Crippen LogP contribution >= 0.6 is 0 Å². The Labute approximate surface area is 252 Å². The Morgan fingerprint density at radius 1 is 1.19 bits per heavy atom. The van der Waals surface area contributed by atoms with Gasteiger partial charge in [0.15, 0.2) is 0 Å². The molecule has 2 aromatic heterocycles. The fourth-order valence-corrected chi connectivity index (χ4v) is 5.35. The summed E-state index contributed by atoms with van der Waals surface area (Å²) in [6, 6.07) is 6.54. The molecule has 43 heavy (non-hydrogen) atoms. The molecule has 0 bridgehead atoms. The van der Waals surface area contributed by atoms with Gasteiger partial charge in [0.05, 0.1) is 37.4 Å². The van der Waals surface area contributed by atoms with Crippen molar-refractivity contribution >= 4 is 29.7 Å². The van der Waals surface area contributed by atoms with E-state index >= 15 is 0 Å². The highest BCUT2D eigenvalue weighted by molar-refractivity contribution is 5.91. The molecular weight excluding hydrogens is 552 g/mol. The largest absolute Gasteiger partial charge is 0.466 e. The minimum absolute atomic E-state index is 0.0823. The van der Waals surface area contributed by atoms with Crippen molar-refractivity contribution in [3.8, 4) is 0 Å². The van der Waals surface area contributed by atoms with Crippen LogP contribution in [0.1, 0.15) is 70.7 Å². The van der Waals surface area contributed by atoms with Gasteiger partial charge in [-0.3, -0.25) is 24.3 Å². The number of carbonyl (C=O) groups is 4. The van der Waals surface area contributed by atoms with Gasteiger partial charge in [0, 0.05) is 25.5 Å². The van der Waals surface area contributed by atoms with E-state index in [0.717, 1.165) is 30.8 Å². The summed E-state index contributed by atoms with van der Waals surface area (Å²) in [5.74, 6) is -0.477. The number of pyridine rings is 2. The Balaban J connectivity index is 1.49. The van der Waals surface area contributed by atoms with Crippen molar-refractivity contribution < 1.29 is 28.7 Å². The third kappa shape index (κ3) is 8.20. The van der Waals surface area contributed by atoms with E-state index in [0.29, 0.717) is 17.7 Å². The van der Waals surface area contributed by atoms with E-state index in [1.54, 1.807) is 59.1 Å². The zero-order chi connectivity index (χ0) is 31.2. The summed E-state index contributed by atoms with van der Waals surface area (Å²) < 4.78 is 10.8. The summed E-state index contributed by atoms with van der Waals surface area (Å²) in [4.78, 5) is 64.4. The van der Waals surface area contributed by atoms with E-state index < -0.39 is 35.2 Å². The predicted molar refractivity (Wildman–Crippen MR) is 159 cm³/mol. The lowest BCUT2D eigenvalue weighted by Gasteiger charge is -2.32. The van der Waals surface area contributed by atoms with Crippen molar-refractivity contribution in [1.82, 2.24) is 25.1 Å². The number of nitrogens with one attached hydrogen (secondary N) is 2. The first-order chi connectivity index (χ1) is 20.4. The molecule has 12 nitrogen and oxygen atoms in total. The highest BCUT2D eigenvalue weighted by Crippen LogP contribution is 2.27. The summed E-state index contributed by atoms with van der Waals surface area (Å²) in [7, 11) is 0. The van der Waals surface area contributed by atoms with E-state index in [4.69, 9.17) is 14.5 Å². The number of amides is 3. The number of carbonyl (C=O) groups excluding carboxylic acids is 4. The second-order valence-electron chi connectivity index (χ2n) is 12.1. The molecule has 0 aromatic carbocycles. The molecule has 4 heterocycles. The van der Waals surface area contributed by atoms with Crippen LogP contribution in [0.4, 0.5) is 10.6 Å². The summed E-state index contributed by atoms with van der Waals surface area (Å²) in [6.07, 6.45) is 4.75. The normalized spacial score (nSPS) is 17.7. The van der Waals surface area contributed by atoms with Gasteiger partial charge in [0.1, 0.15) is 17.5 Å². The number of aromatic nitrogens is 2. The summed E-state index contributed by atoms with van der Waals surface area (Å²) >= 11 is 0.